The number of carbonyl (C=O) groups is 2. The molecule has 194 valence electrons. The van der Waals surface area contributed by atoms with E-state index in [0.717, 1.165) is 30.6 Å². The van der Waals surface area contributed by atoms with Crippen LogP contribution >= 0.6 is 11.3 Å². The van der Waals surface area contributed by atoms with Crippen molar-refractivity contribution in [1.82, 2.24) is 4.98 Å². The number of rotatable bonds is 17. The van der Waals surface area contributed by atoms with Crippen molar-refractivity contribution < 1.29 is 27.5 Å². The lowest BCUT2D eigenvalue weighted by Gasteiger charge is -2.07. The van der Waals surface area contributed by atoms with Gasteiger partial charge in [0.15, 0.2) is 21.5 Å². The molecule has 0 fully saturated rings. The summed E-state index contributed by atoms with van der Waals surface area (Å²) < 4.78 is 35.9. The van der Waals surface area contributed by atoms with Gasteiger partial charge in [-0.3, -0.25) is 9.59 Å². The maximum atomic E-state index is 12.6. The second-order valence-electron chi connectivity index (χ2n) is 8.59. The van der Waals surface area contributed by atoms with Gasteiger partial charge in [0.25, 0.3) is 0 Å². The molecule has 0 atom stereocenters. The van der Waals surface area contributed by atoms with Crippen LogP contribution in [0, 0.1) is 6.92 Å². The number of nitrogens with zero attached hydrogens (tertiary/aromatic N) is 1. The Balaban J connectivity index is 1.80. The molecule has 0 saturated heterocycles. The van der Waals surface area contributed by atoms with Crippen molar-refractivity contribution >= 4 is 32.9 Å². The molecule has 0 saturated carbocycles. The first kappa shape index (κ1) is 29.0. The summed E-state index contributed by atoms with van der Waals surface area (Å²) in [5.74, 6) is -0.170. The van der Waals surface area contributed by atoms with Gasteiger partial charge in [0.1, 0.15) is 5.75 Å². The molecule has 7 nitrogen and oxygen atoms in total. The Morgan fingerprint density at radius 1 is 0.914 bits per heavy atom. The molecule has 2 rings (SSSR count). The smallest absolute Gasteiger partial charge is 0.312 e. The molecule has 0 amide bonds. The van der Waals surface area contributed by atoms with E-state index >= 15 is 0 Å². The Labute approximate surface area is 213 Å². The van der Waals surface area contributed by atoms with E-state index in [1.165, 1.54) is 37.8 Å². The molecular formula is C26H37NO6S2. The average molecular weight is 524 g/mol. The monoisotopic (exact) mass is 523 g/mol. The quantitative estimate of drug-likeness (QED) is 0.136. The van der Waals surface area contributed by atoms with Crippen LogP contribution < -0.4 is 9.47 Å². The van der Waals surface area contributed by atoms with Crippen molar-refractivity contribution in [3.05, 3.63) is 35.0 Å². The zero-order valence-corrected chi connectivity index (χ0v) is 22.6. The van der Waals surface area contributed by atoms with E-state index in [2.05, 4.69) is 11.9 Å². The number of hydrogen-bond acceptors (Lipinski definition) is 8. The Hall–Kier alpha value is -2.26. The molecule has 0 radical (unpaired) electrons. The van der Waals surface area contributed by atoms with Gasteiger partial charge >= 0.3 is 5.97 Å². The standard InChI is InChI=1S/C26H37NO6S2/c1-4-6-7-8-9-10-11-12-18-35(30,31)22-16-14-21(15-17-22)32-19-23(28)25-27-20(3)26(34-25)33-24(29)13-5-2/h14-17H,4-13,18-19H2,1-3H3. The molecule has 9 heteroatoms. The van der Waals surface area contributed by atoms with E-state index in [9.17, 15) is 18.0 Å². The summed E-state index contributed by atoms with van der Waals surface area (Å²) in [6.45, 7) is 5.50. The first-order valence-electron chi connectivity index (χ1n) is 12.4. The van der Waals surface area contributed by atoms with E-state index in [1.807, 2.05) is 6.92 Å². The minimum Gasteiger partial charge on any atom is -0.485 e. The van der Waals surface area contributed by atoms with E-state index < -0.39 is 9.84 Å². The molecule has 1 aromatic heterocycles. The Morgan fingerprint density at radius 2 is 1.54 bits per heavy atom. The van der Waals surface area contributed by atoms with Gasteiger partial charge in [0.2, 0.25) is 10.8 Å². The largest absolute Gasteiger partial charge is 0.485 e. The number of thiazole rings is 1. The first-order valence-corrected chi connectivity index (χ1v) is 14.9. The normalized spacial score (nSPS) is 11.4. The molecular weight excluding hydrogens is 486 g/mol. The third-order valence-electron chi connectivity index (χ3n) is 5.47. The van der Waals surface area contributed by atoms with Gasteiger partial charge in [-0.2, -0.15) is 0 Å². The Morgan fingerprint density at radius 3 is 2.17 bits per heavy atom. The van der Waals surface area contributed by atoms with Crippen LogP contribution in [0.2, 0.25) is 0 Å². The number of hydrogen-bond donors (Lipinski definition) is 0. The maximum Gasteiger partial charge on any atom is 0.312 e. The highest BCUT2D eigenvalue weighted by atomic mass is 32.2. The highest BCUT2D eigenvalue weighted by molar-refractivity contribution is 7.91. The summed E-state index contributed by atoms with van der Waals surface area (Å²) in [7, 11) is -3.34. The number of aryl methyl sites for hydroxylation is 1. The number of sulfone groups is 1. The number of carbonyl (C=O) groups excluding carboxylic acids is 2. The van der Waals surface area contributed by atoms with Gasteiger partial charge in [-0.05, 0) is 44.0 Å². The summed E-state index contributed by atoms with van der Waals surface area (Å²) >= 11 is 1.02. The Kier molecular flexibility index (Phi) is 12.4. The van der Waals surface area contributed by atoms with E-state index in [-0.39, 0.29) is 34.0 Å². The lowest BCUT2D eigenvalue weighted by atomic mass is 10.1. The summed E-state index contributed by atoms with van der Waals surface area (Å²) in [6, 6.07) is 6.13. The molecule has 2 aromatic rings. The van der Waals surface area contributed by atoms with Crippen LogP contribution in [0.4, 0.5) is 0 Å². The highest BCUT2D eigenvalue weighted by Crippen LogP contribution is 2.28. The lowest BCUT2D eigenvalue weighted by Crippen LogP contribution is -2.11. The zero-order valence-electron chi connectivity index (χ0n) is 21.0. The maximum absolute atomic E-state index is 12.6. The van der Waals surface area contributed by atoms with E-state index in [0.29, 0.717) is 35.8 Å². The molecule has 0 N–H and O–H groups in total. The van der Waals surface area contributed by atoms with Crippen molar-refractivity contribution in [3.8, 4) is 10.8 Å². The summed E-state index contributed by atoms with van der Waals surface area (Å²) in [5, 5.41) is 0.518. The van der Waals surface area contributed by atoms with Crippen molar-refractivity contribution in [1.29, 1.82) is 0 Å². The number of ketones is 1. The molecule has 35 heavy (non-hydrogen) atoms. The summed E-state index contributed by atoms with van der Waals surface area (Å²) in [6.07, 6.45) is 9.76. The molecule has 0 spiro atoms. The van der Waals surface area contributed by atoms with Crippen molar-refractivity contribution in [2.45, 2.75) is 89.9 Å². The fourth-order valence-electron chi connectivity index (χ4n) is 3.45. The third kappa shape index (κ3) is 10.1. The van der Waals surface area contributed by atoms with Crippen LogP contribution in [0.1, 0.15) is 93.6 Å². The van der Waals surface area contributed by atoms with Gasteiger partial charge in [0.05, 0.1) is 16.3 Å². The molecule has 1 aromatic carbocycles. The van der Waals surface area contributed by atoms with Crippen LogP contribution in [0.25, 0.3) is 0 Å². The molecule has 0 aliphatic heterocycles. The molecule has 1 heterocycles. The van der Waals surface area contributed by atoms with Crippen LogP contribution in [-0.2, 0) is 14.6 Å². The zero-order chi connectivity index (χ0) is 25.7. The van der Waals surface area contributed by atoms with Crippen LogP contribution in [-0.4, -0.2) is 37.5 Å². The molecule has 0 aliphatic rings. The van der Waals surface area contributed by atoms with Gasteiger partial charge in [-0.15, -0.1) is 0 Å². The van der Waals surface area contributed by atoms with E-state index in [4.69, 9.17) is 9.47 Å². The molecule has 0 unspecified atom stereocenters. The van der Waals surface area contributed by atoms with Crippen molar-refractivity contribution in [2.75, 3.05) is 12.4 Å². The second-order valence-corrected chi connectivity index (χ2v) is 11.7. The second kappa shape index (κ2) is 15.0. The SMILES string of the molecule is CCCCCCCCCCS(=O)(=O)c1ccc(OCC(=O)c2nc(C)c(OC(=O)CCC)s2)cc1. The highest BCUT2D eigenvalue weighted by Gasteiger charge is 2.19. The number of benzene rings is 1. The summed E-state index contributed by atoms with van der Waals surface area (Å²) in [4.78, 5) is 28.6. The molecule has 0 aliphatic carbocycles. The fourth-order valence-corrected chi connectivity index (χ4v) is 5.68. The van der Waals surface area contributed by atoms with Gasteiger partial charge in [-0.1, -0.05) is 70.1 Å². The minimum atomic E-state index is -3.34. The fraction of sp³-hybridized carbons (Fsp3) is 0.577. The Bertz CT molecular complexity index is 1040. The van der Waals surface area contributed by atoms with Crippen LogP contribution in [0.15, 0.2) is 29.2 Å². The minimum absolute atomic E-state index is 0.134. The number of Topliss-reactive ketones (excluding diaryl/α,β-unsaturated/α-hetero) is 1. The summed E-state index contributed by atoms with van der Waals surface area (Å²) in [5.41, 5.74) is 0.480. The lowest BCUT2D eigenvalue weighted by molar-refractivity contribution is -0.134. The number of unbranched alkanes of at least 4 members (excludes halogenated alkanes) is 7. The predicted molar refractivity (Wildman–Crippen MR) is 138 cm³/mol. The first-order chi connectivity index (χ1) is 16.8. The average Bonchev–Trinajstić information content (AvgIpc) is 3.19. The van der Waals surface area contributed by atoms with Gasteiger partial charge in [0, 0.05) is 6.42 Å². The van der Waals surface area contributed by atoms with Crippen LogP contribution in [0.3, 0.4) is 0 Å². The molecule has 0 bridgehead atoms. The van der Waals surface area contributed by atoms with Gasteiger partial charge < -0.3 is 9.47 Å². The van der Waals surface area contributed by atoms with Crippen LogP contribution in [0.5, 0.6) is 10.8 Å². The number of esters is 1. The number of aromatic nitrogens is 1. The topological polar surface area (TPSA) is 99.6 Å². The number of ether oxygens (including phenoxy) is 2. The van der Waals surface area contributed by atoms with Crippen molar-refractivity contribution in [2.24, 2.45) is 0 Å². The van der Waals surface area contributed by atoms with Gasteiger partial charge in [-0.25, -0.2) is 13.4 Å². The predicted octanol–water partition coefficient (Wildman–Crippen LogP) is 6.33. The van der Waals surface area contributed by atoms with Crippen molar-refractivity contribution in [3.63, 3.8) is 0 Å². The third-order valence-corrected chi connectivity index (χ3v) is 8.37. The van der Waals surface area contributed by atoms with E-state index in [1.54, 1.807) is 19.1 Å².